The maximum Gasteiger partial charge on any atom is 0.309 e. The Hall–Kier alpha value is -1.52. The fourth-order valence-electron chi connectivity index (χ4n) is 1.82. The van der Waals surface area contributed by atoms with Crippen LogP contribution in [0.25, 0.3) is 0 Å². The summed E-state index contributed by atoms with van der Waals surface area (Å²) >= 11 is 12.1. The number of carbonyl (C=O) groups excluding carboxylic acids is 1. The van der Waals surface area contributed by atoms with E-state index in [9.17, 15) is 4.79 Å². The van der Waals surface area contributed by atoms with E-state index in [1.807, 2.05) is 4.57 Å². The number of halogens is 2. The van der Waals surface area contributed by atoms with Crippen LogP contribution in [0.5, 0.6) is 0 Å². The summed E-state index contributed by atoms with van der Waals surface area (Å²) in [6.45, 7) is 4.03. The van der Waals surface area contributed by atoms with Gasteiger partial charge in [0.05, 0.1) is 18.8 Å². The molecule has 2 rings (SSSR count). The van der Waals surface area contributed by atoms with Crippen LogP contribution < -0.4 is 0 Å². The SMILES string of the molecule is CC(C)C(=O)OC(Cn1ccnc1)c1ccc(Cl)cc1Cl. The molecule has 0 fully saturated rings. The first-order chi connectivity index (χ1) is 9.97. The number of carbonyl (C=O) groups is 1. The lowest BCUT2D eigenvalue weighted by Crippen LogP contribution is -2.20. The van der Waals surface area contributed by atoms with E-state index in [1.54, 1.807) is 50.8 Å². The molecule has 4 nitrogen and oxygen atoms in total. The van der Waals surface area contributed by atoms with Crippen molar-refractivity contribution in [1.29, 1.82) is 0 Å². The maximum absolute atomic E-state index is 11.9. The van der Waals surface area contributed by atoms with Gasteiger partial charge in [0.15, 0.2) is 0 Å². The molecule has 0 bridgehead atoms. The molecule has 0 aliphatic rings. The van der Waals surface area contributed by atoms with Crippen LogP contribution in [0.4, 0.5) is 0 Å². The molecule has 0 aliphatic carbocycles. The summed E-state index contributed by atoms with van der Waals surface area (Å²) in [5.74, 6) is -0.479. The van der Waals surface area contributed by atoms with E-state index in [-0.39, 0.29) is 11.9 Å². The first kappa shape index (κ1) is 15.9. The number of imidazole rings is 1. The Morgan fingerprint density at radius 1 is 1.38 bits per heavy atom. The minimum Gasteiger partial charge on any atom is -0.455 e. The van der Waals surface area contributed by atoms with Crippen LogP contribution >= 0.6 is 23.2 Å². The van der Waals surface area contributed by atoms with Crippen molar-refractivity contribution in [2.75, 3.05) is 0 Å². The highest BCUT2D eigenvalue weighted by Gasteiger charge is 2.21. The van der Waals surface area contributed by atoms with Gasteiger partial charge in [-0.2, -0.15) is 0 Å². The van der Waals surface area contributed by atoms with E-state index in [0.29, 0.717) is 16.6 Å². The third-order valence-corrected chi connectivity index (χ3v) is 3.54. The highest BCUT2D eigenvalue weighted by molar-refractivity contribution is 6.35. The lowest BCUT2D eigenvalue weighted by Gasteiger charge is -2.21. The molecule has 2 aromatic rings. The zero-order valence-corrected chi connectivity index (χ0v) is 13.3. The van der Waals surface area contributed by atoms with E-state index >= 15 is 0 Å². The van der Waals surface area contributed by atoms with Crippen molar-refractivity contribution in [3.63, 3.8) is 0 Å². The number of aromatic nitrogens is 2. The molecule has 21 heavy (non-hydrogen) atoms. The predicted octanol–water partition coefficient (Wildman–Crippen LogP) is 4.13. The van der Waals surface area contributed by atoms with Crippen LogP contribution in [-0.4, -0.2) is 15.5 Å². The van der Waals surface area contributed by atoms with Gasteiger partial charge < -0.3 is 9.30 Å². The molecule has 0 N–H and O–H groups in total. The highest BCUT2D eigenvalue weighted by atomic mass is 35.5. The van der Waals surface area contributed by atoms with Gasteiger partial charge in [-0.25, -0.2) is 4.98 Å². The molecular weight excluding hydrogens is 311 g/mol. The quantitative estimate of drug-likeness (QED) is 0.776. The van der Waals surface area contributed by atoms with E-state index < -0.39 is 6.10 Å². The molecule has 0 radical (unpaired) electrons. The molecule has 1 aromatic carbocycles. The van der Waals surface area contributed by atoms with Gasteiger partial charge in [-0.1, -0.05) is 43.1 Å². The molecular formula is C15H16Cl2N2O2. The Bertz CT molecular complexity index is 612. The van der Waals surface area contributed by atoms with Gasteiger partial charge in [-0.3, -0.25) is 4.79 Å². The van der Waals surface area contributed by atoms with Crippen molar-refractivity contribution in [2.45, 2.75) is 26.5 Å². The third-order valence-electron chi connectivity index (χ3n) is 2.98. The normalized spacial score (nSPS) is 12.4. The molecule has 0 amide bonds. The standard InChI is InChI=1S/C15H16Cl2N2O2/c1-10(2)15(20)21-14(8-19-6-5-18-9-19)12-4-3-11(16)7-13(12)17/h3-7,9-10,14H,8H2,1-2H3. The van der Waals surface area contributed by atoms with Crippen LogP contribution in [0.2, 0.25) is 10.0 Å². The molecule has 6 heteroatoms. The Morgan fingerprint density at radius 3 is 2.71 bits per heavy atom. The van der Waals surface area contributed by atoms with Gasteiger partial charge in [-0.05, 0) is 12.1 Å². The molecule has 0 saturated carbocycles. The molecule has 1 unspecified atom stereocenters. The monoisotopic (exact) mass is 326 g/mol. The van der Waals surface area contributed by atoms with Crippen molar-refractivity contribution in [3.8, 4) is 0 Å². The van der Waals surface area contributed by atoms with Crippen molar-refractivity contribution in [1.82, 2.24) is 9.55 Å². The number of esters is 1. The van der Waals surface area contributed by atoms with Crippen LogP contribution in [0.3, 0.4) is 0 Å². The minimum atomic E-state index is -0.487. The van der Waals surface area contributed by atoms with Crippen LogP contribution in [-0.2, 0) is 16.1 Å². The summed E-state index contributed by atoms with van der Waals surface area (Å²) < 4.78 is 7.41. The van der Waals surface area contributed by atoms with E-state index in [2.05, 4.69) is 4.98 Å². The Kier molecular flexibility index (Phi) is 5.26. The van der Waals surface area contributed by atoms with Crippen molar-refractivity contribution < 1.29 is 9.53 Å². The second kappa shape index (κ2) is 6.96. The fourth-order valence-corrected chi connectivity index (χ4v) is 2.35. The molecule has 0 aliphatic heterocycles. The number of nitrogens with zero attached hydrogens (tertiary/aromatic N) is 2. The fraction of sp³-hybridized carbons (Fsp3) is 0.333. The number of ether oxygens (including phenoxy) is 1. The molecule has 0 spiro atoms. The van der Waals surface area contributed by atoms with Gasteiger partial charge in [0.25, 0.3) is 0 Å². The lowest BCUT2D eigenvalue weighted by molar-refractivity contribution is -0.154. The average molecular weight is 327 g/mol. The van der Waals surface area contributed by atoms with Crippen LogP contribution in [0.1, 0.15) is 25.5 Å². The smallest absolute Gasteiger partial charge is 0.309 e. The lowest BCUT2D eigenvalue weighted by atomic mass is 10.1. The van der Waals surface area contributed by atoms with Crippen molar-refractivity contribution in [3.05, 3.63) is 52.5 Å². The Balaban J connectivity index is 2.28. The van der Waals surface area contributed by atoms with Gasteiger partial charge in [0.2, 0.25) is 0 Å². The number of hydrogen-bond donors (Lipinski definition) is 0. The summed E-state index contributed by atoms with van der Waals surface area (Å²) in [5, 5.41) is 1.02. The molecule has 112 valence electrons. The summed E-state index contributed by atoms with van der Waals surface area (Å²) in [7, 11) is 0. The number of rotatable bonds is 5. The Labute approximate surface area is 133 Å². The minimum absolute atomic E-state index is 0.207. The summed E-state index contributed by atoms with van der Waals surface area (Å²) in [4.78, 5) is 15.9. The highest BCUT2D eigenvalue weighted by Crippen LogP contribution is 2.30. The van der Waals surface area contributed by atoms with E-state index in [1.165, 1.54) is 0 Å². The first-order valence-electron chi connectivity index (χ1n) is 6.58. The number of benzene rings is 1. The van der Waals surface area contributed by atoms with E-state index in [4.69, 9.17) is 27.9 Å². The van der Waals surface area contributed by atoms with Crippen molar-refractivity contribution in [2.24, 2.45) is 5.92 Å². The van der Waals surface area contributed by atoms with Gasteiger partial charge in [0, 0.05) is 28.0 Å². The second-order valence-electron chi connectivity index (χ2n) is 5.01. The predicted molar refractivity (Wildman–Crippen MR) is 82.4 cm³/mol. The zero-order valence-electron chi connectivity index (χ0n) is 11.8. The summed E-state index contributed by atoms with van der Waals surface area (Å²) in [5.41, 5.74) is 0.726. The third kappa shape index (κ3) is 4.22. The molecule has 1 aromatic heterocycles. The average Bonchev–Trinajstić information content (AvgIpc) is 2.90. The van der Waals surface area contributed by atoms with Crippen LogP contribution in [0, 0.1) is 5.92 Å². The van der Waals surface area contributed by atoms with Gasteiger partial charge in [0.1, 0.15) is 6.10 Å². The van der Waals surface area contributed by atoms with Crippen LogP contribution in [0.15, 0.2) is 36.9 Å². The maximum atomic E-state index is 11.9. The molecule has 1 atom stereocenters. The van der Waals surface area contributed by atoms with Gasteiger partial charge in [-0.15, -0.1) is 0 Å². The second-order valence-corrected chi connectivity index (χ2v) is 5.85. The topological polar surface area (TPSA) is 44.1 Å². The first-order valence-corrected chi connectivity index (χ1v) is 7.34. The van der Waals surface area contributed by atoms with Gasteiger partial charge >= 0.3 is 5.97 Å². The zero-order chi connectivity index (χ0) is 15.4. The Morgan fingerprint density at radius 2 is 2.14 bits per heavy atom. The largest absolute Gasteiger partial charge is 0.455 e. The molecule has 0 saturated heterocycles. The summed E-state index contributed by atoms with van der Waals surface area (Å²) in [6.07, 6.45) is 4.66. The molecule has 1 heterocycles. The summed E-state index contributed by atoms with van der Waals surface area (Å²) in [6, 6.07) is 5.15. The van der Waals surface area contributed by atoms with E-state index in [0.717, 1.165) is 5.56 Å². The number of hydrogen-bond acceptors (Lipinski definition) is 3. The van der Waals surface area contributed by atoms with Crippen molar-refractivity contribution >= 4 is 29.2 Å².